The van der Waals surface area contributed by atoms with Gasteiger partial charge in [0, 0.05) is 18.7 Å². The fourth-order valence-electron chi connectivity index (χ4n) is 2.68. The smallest absolute Gasteiger partial charge is 0.260 e. The quantitative estimate of drug-likeness (QED) is 0.651. The average molecular weight is 384 g/mol. The number of hydrogen-bond donors (Lipinski definition) is 2. The second-order valence-corrected chi connectivity index (χ2v) is 6.73. The molecule has 0 saturated heterocycles. The molecule has 2 amide bonds. The molecule has 0 aromatic heterocycles. The van der Waals surface area contributed by atoms with Gasteiger partial charge in [0.1, 0.15) is 11.5 Å². The van der Waals surface area contributed by atoms with E-state index in [1.807, 2.05) is 24.3 Å². The maximum Gasteiger partial charge on any atom is 0.260 e. The fourth-order valence-corrected chi connectivity index (χ4v) is 2.68. The van der Waals surface area contributed by atoms with Gasteiger partial charge in [-0.05, 0) is 42.7 Å². The first kappa shape index (κ1) is 21.3. The topological polar surface area (TPSA) is 76.7 Å². The minimum absolute atomic E-state index is 0.219. The molecule has 2 rings (SSSR count). The van der Waals surface area contributed by atoms with E-state index >= 15 is 0 Å². The highest BCUT2D eigenvalue weighted by Crippen LogP contribution is 2.26. The first-order valence-electron chi connectivity index (χ1n) is 9.38. The van der Waals surface area contributed by atoms with E-state index in [1.54, 1.807) is 38.3 Å². The third-order valence-corrected chi connectivity index (χ3v) is 4.26. The third kappa shape index (κ3) is 6.01. The Morgan fingerprint density at radius 1 is 0.964 bits per heavy atom. The van der Waals surface area contributed by atoms with Crippen molar-refractivity contribution in [1.29, 1.82) is 0 Å². The highest BCUT2D eigenvalue weighted by molar-refractivity contribution is 5.94. The Kier molecular flexibility index (Phi) is 7.87. The molecule has 1 unspecified atom stereocenters. The first-order valence-corrected chi connectivity index (χ1v) is 9.38. The van der Waals surface area contributed by atoms with Gasteiger partial charge in [0.25, 0.3) is 11.8 Å². The van der Waals surface area contributed by atoms with Crippen LogP contribution >= 0.6 is 0 Å². The second-order valence-electron chi connectivity index (χ2n) is 6.73. The van der Waals surface area contributed by atoms with Gasteiger partial charge in [0.15, 0.2) is 6.10 Å². The Balaban J connectivity index is 1.78. The number of rotatable bonds is 9. The minimum Gasteiger partial charge on any atom is -0.497 e. The van der Waals surface area contributed by atoms with E-state index in [0.29, 0.717) is 36.1 Å². The lowest BCUT2D eigenvalue weighted by molar-refractivity contribution is -0.127. The molecular weight excluding hydrogens is 356 g/mol. The summed E-state index contributed by atoms with van der Waals surface area (Å²) in [5, 5.41) is 5.55. The predicted octanol–water partition coefficient (Wildman–Crippen LogP) is 3.13. The van der Waals surface area contributed by atoms with Crippen molar-refractivity contribution in [2.24, 2.45) is 0 Å². The Morgan fingerprint density at radius 2 is 1.68 bits per heavy atom. The standard InChI is InChI=1S/C22H28N2O4/c1-15(2)19-10-5-6-11-20(19)28-16(3)21(25)23-12-13-24-22(26)17-8-7-9-18(14-17)27-4/h5-11,14-16H,12-13H2,1-4H3,(H,23,25)(H,24,26). The Hall–Kier alpha value is -3.02. The highest BCUT2D eigenvalue weighted by Gasteiger charge is 2.17. The lowest BCUT2D eigenvalue weighted by Crippen LogP contribution is -2.40. The maximum atomic E-state index is 12.3. The molecule has 150 valence electrons. The molecule has 0 spiro atoms. The van der Waals surface area contributed by atoms with Gasteiger partial charge in [-0.25, -0.2) is 0 Å². The zero-order chi connectivity index (χ0) is 20.5. The van der Waals surface area contributed by atoms with Crippen molar-refractivity contribution >= 4 is 11.8 Å². The monoisotopic (exact) mass is 384 g/mol. The number of para-hydroxylation sites is 1. The van der Waals surface area contributed by atoms with Crippen LogP contribution in [-0.2, 0) is 4.79 Å². The lowest BCUT2D eigenvalue weighted by atomic mass is 10.0. The number of amides is 2. The van der Waals surface area contributed by atoms with E-state index in [0.717, 1.165) is 5.56 Å². The van der Waals surface area contributed by atoms with E-state index in [4.69, 9.17) is 9.47 Å². The van der Waals surface area contributed by atoms with Crippen molar-refractivity contribution in [2.75, 3.05) is 20.2 Å². The zero-order valence-corrected chi connectivity index (χ0v) is 16.8. The maximum absolute atomic E-state index is 12.3. The SMILES string of the molecule is COc1cccc(C(=O)NCCNC(=O)C(C)Oc2ccccc2C(C)C)c1. The van der Waals surface area contributed by atoms with Crippen LogP contribution in [0.1, 0.15) is 42.6 Å². The molecule has 0 aliphatic carbocycles. The van der Waals surface area contributed by atoms with Crippen LogP contribution in [0.3, 0.4) is 0 Å². The Labute approximate surface area is 166 Å². The summed E-state index contributed by atoms with van der Waals surface area (Å²) in [6.07, 6.45) is -0.631. The molecular formula is C22H28N2O4. The first-order chi connectivity index (χ1) is 13.4. The van der Waals surface area contributed by atoms with Gasteiger partial charge in [-0.1, -0.05) is 38.1 Å². The van der Waals surface area contributed by atoms with Crippen LogP contribution in [0, 0.1) is 0 Å². The molecule has 6 nitrogen and oxygen atoms in total. The molecule has 1 atom stereocenters. The summed E-state index contributed by atoms with van der Waals surface area (Å²) in [6.45, 7) is 6.50. The summed E-state index contributed by atoms with van der Waals surface area (Å²) in [6, 6.07) is 14.6. The van der Waals surface area contributed by atoms with Crippen LogP contribution in [0.25, 0.3) is 0 Å². The van der Waals surface area contributed by atoms with Crippen LogP contribution < -0.4 is 20.1 Å². The van der Waals surface area contributed by atoms with Gasteiger partial charge in [0.2, 0.25) is 0 Å². The predicted molar refractivity (Wildman–Crippen MR) is 109 cm³/mol. The van der Waals surface area contributed by atoms with Crippen molar-refractivity contribution < 1.29 is 19.1 Å². The van der Waals surface area contributed by atoms with Crippen molar-refractivity contribution in [1.82, 2.24) is 10.6 Å². The molecule has 0 aliphatic heterocycles. The molecule has 2 aromatic rings. The van der Waals surface area contributed by atoms with Gasteiger partial charge in [-0.2, -0.15) is 0 Å². The summed E-state index contributed by atoms with van der Waals surface area (Å²) in [5.74, 6) is 1.19. The molecule has 0 bridgehead atoms. The van der Waals surface area contributed by atoms with Gasteiger partial charge < -0.3 is 20.1 Å². The molecule has 2 N–H and O–H groups in total. The fraction of sp³-hybridized carbons (Fsp3) is 0.364. The van der Waals surface area contributed by atoms with Crippen molar-refractivity contribution in [3.05, 3.63) is 59.7 Å². The van der Waals surface area contributed by atoms with E-state index in [9.17, 15) is 9.59 Å². The lowest BCUT2D eigenvalue weighted by Gasteiger charge is -2.18. The summed E-state index contributed by atoms with van der Waals surface area (Å²) < 4.78 is 10.9. The molecule has 2 aromatic carbocycles. The zero-order valence-electron chi connectivity index (χ0n) is 16.8. The second kappa shape index (κ2) is 10.3. The van der Waals surface area contributed by atoms with E-state index in [2.05, 4.69) is 24.5 Å². The average Bonchev–Trinajstić information content (AvgIpc) is 2.71. The molecule has 28 heavy (non-hydrogen) atoms. The summed E-state index contributed by atoms with van der Waals surface area (Å²) in [7, 11) is 1.55. The van der Waals surface area contributed by atoms with Gasteiger partial charge in [-0.15, -0.1) is 0 Å². The molecule has 0 heterocycles. The van der Waals surface area contributed by atoms with Crippen LogP contribution in [0.2, 0.25) is 0 Å². The third-order valence-electron chi connectivity index (χ3n) is 4.26. The molecule has 0 saturated carbocycles. The van der Waals surface area contributed by atoms with Crippen LogP contribution in [0.4, 0.5) is 0 Å². The molecule has 0 fully saturated rings. The van der Waals surface area contributed by atoms with E-state index in [-0.39, 0.29) is 11.8 Å². The minimum atomic E-state index is -0.631. The van der Waals surface area contributed by atoms with Crippen molar-refractivity contribution in [3.8, 4) is 11.5 Å². The molecule has 0 radical (unpaired) electrons. The summed E-state index contributed by atoms with van der Waals surface area (Å²) in [4.78, 5) is 24.4. The van der Waals surface area contributed by atoms with Crippen molar-refractivity contribution in [2.45, 2.75) is 32.8 Å². The Bertz CT molecular complexity index is 805. The Morgan fingerprint density at radius 3 is 2.39 bits per heavy atom. The van der Waals surface area contributed by atoms with Gasteiger partial charge in [0.05, 0.1) is 7.11 Å². The van der Waals surface area contributed by atoms with Gasteiger partial charge in [-0.3, -0.25) is 9.59 Å². The number of carbonyl (C=O) groups is 2. The highest BCUT2D eigenvalue weighted by atomic mass is 16.5. The number of nitrogens with one attached hydrogen (secondary N) is 2. The van der Waals surface area contributed by atoms with E-state index < -0.39 is 6.10 Å². The number of carbonyl (C=O) groups excluding carboxylic acids is 2. The number of ether oxygens (including phenoxy) is 2. The number of methoxy groups -OCH3 is 1. The molecule has 6 heteroatoms. The van der Waals surface area contributed by atoms with Gasteiger partial charge >= 0.3 is 0 Å². The van der Waals surface area contributed by atoms with Crippen LogP contribution in [0.5, 0.6) is 11.5 Å². The summed E-state index contributed by atoms with van der Waals surface area (Å²) >= 11 is 0. The van der Waals surface area contributed by atoms with Crippen LogP contribution in [0.15, 0.2) is 48.5 Å². The number of hydrogen-bond acceptors (Lipinski definition) is 4. The molecule has 0 aliphatic rings. The van der Waals surface area contributed by atoms with Crippen molar-refractivity contribution in [3.63, 3.8) is 0 Å². The number of benzene rings is 2. The van der Waals surface area contributed by atoms with Crippen LogP contribution in [-0.4, -0.2) is 38.1 Å². The largest absolute Gasteiger partial charge is 0.497 e. The summed E-state index contributed by atoms with van der Waals surface area (Å²) in [5.41, 5.74) is 1.57. The normalized spacial score (nSPS) is 11.6. The van der Waals surface area contributed by atoms with E-state index in [1.165, 1.54) is 0 Å².